The van der Waals surface area contributed by atoms with Gasteiger partial charge in [0.2, 0.25) is 5.78 Å². The van der Waals surface area contributed by atoms with Crippen LogP contribution in [0.1, 0.15) is 48.4 Å². The third-order valence-electron chi connectivity index (χ3n) is 4.36. The highest BCUT2D eigenvalue weighted by atomic mass is 16.5. The number of hydrogen-bond donors (Lipinski definition) is 1. The van der Waals surface area contributed by atoms with Crippen LogP contribution in [0.25, 0.3) is 0 Å². The molecule has 0 fully saturated rings. The Hall–Kier alpha value is -3.15. The van der Waals surface area contributed by atoms with Gasteiger partial charge in [0.15, 0.2) is 6.10 Å². The number of hydrogen-bond acceptors (Lipinski definition) is 5. The maximum absolute atomic E-state index is 12.7. The highest BCUT2D eigenvalue weighted by Gasteiger charge is 2.30. The average molecular weight is 397 g/mol. The number of amides is 1. The van der Waals surface area contributed by atoms with Gasteiger partial charge in [-0.2, -0.15) is 0 Å². The second kappa shape index (κ2) is 10.4. The van der Waals surface area contributed by atoms with Gasteiger partial charge in [-0.25, -0.2) is 4.79 Å². The average Bonchev–Trinajstić information content (AvgIpc) is 2.72. The van der Waals surface area contributed by atoms with Crippen LogP contribution in [-0.4, -0.2) is 36.4 Å². The molecule has 2 aromatic rings. The molecule has 0 heterocycles. The van der Waals surface area contributed by atoms with E-state index in [4.69, 9.17) is 9.47 Å². The molecule has 0 aliphatic rings. The number of ether oxygens (including phenoxy) is 2. The number of esters is 1. The number of Topliss-reactive ketones (excluding diaryl/α,β-unsaturated/α-hetero) is 1. The van der Waals surface area contributed by atoms with Crippen LogP contribution in [0.3, 0.4) is 0 Å². The minimum Gasteiger partial charge on any atom is -0.493 e. The molecule has 1 unspecified atom stereocenters. The van der Waals surface area contributed by atoms with Crippen LogP contribution in [0.2, 0.25) is 0 Å². The Labute approximate surface area is 171 Å². The third-order valence-corrected chi connectivity index (χ3v) is 4.36. The van der Waals surface area contributed by atoms with Crippen molar-refractivity contribution in [2.45, 2.75) is 39.8 Å². The summed E-state index contributed by atoms with van der Waals surface area (Å²) >= 11 is 0. The Kier molecular flexibility index (Phi) is 7.95. The van der Waals surface area contributed by atoms with E-state index in [1.807, 2.05) is 6.92 Å². The first-order valence-corrected chi connectivity index (χ1v) is 9.67. The Morgan fingerprint density at radius 2 is 1.55 bits per heavy atom. The fourth-order valence-electron chi connectivity index (χ4n) is 2.79. The Morgan fingerprint density at radius 1 is 0.931 bits per heavy atom. The molecule has 2 rings (SSSR count). The van der Waals surface area contributed by atoms with Crippen LogP contribution in [0.5, 0.6) is 5.75 Å². The van der Waals surface area contributed by atoms with Crippen molar-refractivity contribution in [2.75, 3.05) is 6.61 Å². The first kappa shape index (κ1) is 22.1. The van der Waals surface area contributed by atoms with Gasteiger partial charge in [0, 0.05) is 5.56 Å². The maximum atomic E-state index is 12.7. The molecule has 0 bridgehead atoms. The molecule has 0 saturated heterocycles. The summed E-state index contributed by atoms with van der Waals surface area (Å²) in [7, 11) is 0. The smallest absolute Gasteiger partial charge is 0.329 e. The first-order chi connectivity index (χ1) is 13.8. The molecule has 0 aliphatic carbocycles. The van der Waals surface area contributed by atoms with Gasteiger partial charge in [-0.3, -0.25) is 9.59 Å². The molecule has 6 heteroatoms. The van der Waals surface area contributed by atoms with Crippen molar-refractivity contribution in [1.82, 2.24) is 5.32 Å². The Bertz CT molecular complexity index is 847. The molecule has 1 amide bonds. The maximum Gasteiger partial charge on any atom is 0.329 e. The topological polar surface area (TPSA) is 81.7 Å². The quantitative estimate of drug-likeness (QED) is 0.516. The lowest BCUT2D eigenvalue weighted by Gasteiger charge is -2.23. The number of carbonyl (C=O) groups is 3. The summed E-state index contributed by atoms with van der Waals surface area (Å²) in [5.74, 6) is -1.18. The van der Waals surface area contributed by atoms with Crippen molar-refractivity contribution in [2.24, 2.45) is 5.92 Å². The lowest BCUT2D eigenvalue weighted by Crippen LogP contribution is -2.46. The van der Waals surface area contributed by atoms with E-state index in [9.17, 15) is 14.4 Å². The van der Waals surface area contributed by atoms with Gasteiger partial charge >= 0.3 is 5.97 Å². The Morgan fingerprint density at radius 3 is 2.17 bits per heavy atom. The van der Waals surface area contributed by atoms with E-state index in [1.54, 1.807) is 68.4 Å². The SMILES string of the molecule is CCOc1ccccc1C(=O)N[C@H](C(=O)OC(C)C(=O)c1ccccc1)C(C)C. The monoisotopic (exact) mass is 397 g/mol. The molecule has 0 aliphatic heterocycles. The van der Waals surface area contributed by atoms with E-state index in [0.717, 1.165) is 0 Å². The van der Waals surface area contributed by atoms with E-state index in [1.165, 1.54) is 6.92 Å². The molecule has 0 saturated carbocycles. The normalized spacial score (nSPS) is 12.7. The molecule has 1 N–H and O–H groups in total. The number of benzene rings is 2. The number of nitrogens with one attached hydrogen (secondary N) is 1. The highest BCUT2D eigenvalue weighted by molar-refractivity contribution is 6.01. The molecule has 2 aromatic carbocycles. The zero-order valence-corrected chi connectivity index (χ0v) is 17.2. The van der Waals surface area contributed by atoms with Crippen molar-refractivity contribution >= 4 is 17.7 Å². The summed E-state index contributed by atoms with van der Waals surface area (Å²) in [6.45, 7) is 7.36. The largest absolute Gasteiger partial charge is 0.493 e. The summed E-state index contributed by atoms with van der Waals surface area (Å²) < 4.78 is 10.9. The molecular formula is C23H27NO5. The minimum atomic E-state index is -0.959. The van der Waals surface area contributed by atoms with Gasteiger partial charge in [-0.15, -0.1) is 0 Å². The van der Waals surface area contributed by atoms with E-state index in [-0.39, 0.29) is 11.7 Å². The lowest BCUT2D eigenvalue weighted by molar-refractivity contribution is -0.149. The van der Waals surface area contributed by atoms with E-state index < -0.39 is 24.0 Å². The Balaban J connectivity index is 2.10. The van der Waals surface area contributed by atoms with Crippen molar-refractivity contribution in [3.05, 3.63) is 65.7 Å². The van der Waals surface area contributed by atoms with E-state index in [0.29, 0.717) is 23.5 Å². The van der Waals surface area contributed by atoms with Crippen LogP contribution in [0, 0.1) is 5.92 Å². The summed E-state index contributed by atoms with van der Waals surface area (Å²) in [5, 5.41) is 2.71. The van der Waals surface area contributed by atoms with Crippen molar-refractivity contribution < 1.29 is 23.9 Å². The van der Waals surface area contributed by atoms with Crippen LogP contribution < -0.4 is 10.1 Å². The van der Waals surface area contributed by atoms with E-state index >= 15 is 0 Å². The predicted octanol–water partition coefficient (Wildman–Crippen LogP) is 3.65. The van der Waals surface area contributed by atoms with Crippen molar-refractivity contribution in [1.29, 1.82) is 0 Å². The van der Waals surface area contributed by atoms with Gasteiger partial charge in [0.05, 0.1) is 12.2 Å². The second-order valence-electron chi connectivity index (χ2n) is 6.93. The van der Waals surface area contributed by atoms with Crippen LogP contribution in [-0.2, 0) is 9.53 Å². The zero-order valence-electron chi connectivity index (χ0n) is 17.2. The minimum absolute atomic E-state index is 0.232. The van der Waals surface area contributed by atoms with Gasteiger partial charge < -0.3 is 14.8 Å². The van der Waals surface area contributed by atoms with Crippen LogP contribution in [0.4, 0.5) is 0 Å². The standard InChI is InChI=1S/C23H27NO5/c1-5-28-19-14-10-9-13-18(19)22(26)24-20(15(2)3)23(27)29-16(4)21(25)17-11-7-6-8-12-17/h6-16,20H,5H2,1-4H3,(H,24,26)/t16?,20-/m0/s1. The molecule has 29 heavy (non-hydrogen) atoms. The summed E-state index contributed by atoms with van der Waals surface area (Å²) in [6, 6.07) is 14.5. The summed E-state index contributed by atoms with van der Waals surface area (Å²) in [5.41, 5.74) is 0.796. The van der Waals surface area contributed by atoms with Crippen molar-refractivity contribution in [3.8, 4) is 5.75 Å². The summed E-state index contributed by atoms with van der Waals surface area (Å²) in [6.07, 6.45) is -0.959. The number of para-hydroxylation sites is 1. The number of ketones is 1. The molecule has 0 aromatic heterocycles. The molecular weight excluding hydrogens is 370 g/mol. The molecule has 0 radical (unpaired) electrons. The molecule has 2 atom stereocenters. The predicted molar refractivity (Wildman–Crippen MR) is 110 cm³/mol. The van der Waals surface area contributed by atoms with Gasteiger partial charge in [-0.05, 0) is 31.9 Å². The molecule has 6 nitrogen and oxygen atoms in total. The van der Waals surface area contributed by atoms with Crippen LogP contribution >= 0.6 is 0 Å². The number of carbonyl (C=O) groups excluding carboxylic acids is 3. The zero-order chi connectivity index (χ0) is 21.4. The molecule has 0 spiro atoms. The lowest BCUT2D eigenvalue weighted by atomic mass is 10.0. The van der Waals surface area contributed by atoms with Crippen LogP contribution in [0.15, 0.2) is 54.6 Å². The second-order valence-corrected chi connectivity index (χ2v) is 6.93. The van der Waals surface area contributed by atoms with Gasteiger partial charge in [0.1, 0.15) is 11.8 Å². The summed E-state index contributed by atoms with van der Waals surface area (Å²) in [4.78, 5) is 37.9. The first-order valence-electron chi connectivity index (χ1n) is 9.67. The number of rotatable bonds is 9. The molecule has 154 valence electrons. The highest BCUT2D eigenvalue weighted by Crippen LogP contribution is 2.19. The fraction of sp³-hybridized carbons (Fsp3) is 0.348. The third kappa shape index (κ3) is 5.91. The van der Waals surface area contributed by atoms with Gasteiger partial charge in [-0.1, -0.05) is 56.3 Å². The van der Waals surface area contributed by atoms with Gasteiger partial charge in [0.25, 0.3) is 5.91 Å². The fourth-order valence-corrected chi connectivity index (χ4v) is 2.79. The van der Waals surface area contributed by atoms with Crippen molar-refractivity contribution in [3.63, 3.8) is 0 Å². The van der Waals surface area contributed by atoms with E-state index in [2.05, 4.69) is 5.32 Å².